The number of carbonyl (C=O) groups excluding carboxylic acids is 1. The van der Waals surface area contributed by atoms with Crippen LogP contribution >= 0.6 is 0 Å². The zero-order valence-corrected chi connectivity index (χ0v) is 16.5. The van der Waals surface area contributed by atoms with Crippen LogP contribution in [0.5, 0.6) is 0 Å². The summed E-state index contributed by atoms with van der Waals surface area (Å²) >= 11 is 0. The lowest BCUT2D eigenvalue weighted by molar-refractivity contribution is -0.206. The van der Waals surface area contributed by atoms with Crippen molar-refractivity contribution in [2.45, 2.75) is 31.7 Å². The highest BCUT2D eigenvalue weighted by atomic mass is 19.4. The summed E-state index contributed by atoms with van der Waals surface area (Å²) in [5.41, 5.74) is 0.758. The zero-order valence-electron chi connectivity index (χ0n) is 16.5. The van der Waals surface area contributed by atoms with Crippen LogP contribution in [0.1, 0.15) is 31.1 Å². The quantitative estimate of drug-likeness (QED) is 0.639. The van der Waals surface area contributed by atoms with E-state index in [-0.39, 0.29) is 29.0 Å². The monoisotopic (exact) mass is 432 g/mol. The van der Waals surface area contributed by atoms with Gasteiger partial charge < -0.3 is 10.1 Å². The van der Waals surface area contributed by atoms with E-state index in [0.29, 0.717) is 11.1 Å². The molecule has 162 valence electrons. The molecule has 2 aromatic heterocycles. The van der Waals surface area contributed by atoms with Crippen LogP contribution < -0.4 is 10.6 Å². The molecule has 3 aromatic rings. The molecule has 1 aromatic carbocycles. The van der Waals surface area contributed by atoms with Crippen molar-refractivity contribution in [3.8, 4) is 11.4 Å². The number of amides is 1. The lowest BCUT2D eigenvalue weighted by Crippen LogP contribution is -2.36. The topological polar surface area (TPSA) is 94.0 Å². The lowest BCUT2D eigenvalue weighted by Gasteiger charge is -2.30. The molecule has 31 heavy (non-hydrogen) atoms. The van der Waals surface area contributed by atoms with Gasteiger partial charge in [-0.05, 0) is 31.5 Å². The third kappa shape index (κ3) is 3.29. The van der Waals surface area contributed by atoms with E-state index in [0.717, 1.165) is 31.4 Å². The number of nitrogens with one attached hydrogen (secondary N) is 2. The molecule has 8 nitrogen and oxygen atoms in total. The number of benzene rings is 1. The molecule has 0 spiro atoms. The zero-order chi connectivity index (χ0) is 21.8. The van der Waals surface area contributed by atoms with Crippen LogP contribution in [0, 0.1) is 5.92 Å². The fourth-order valence-electron chi connectivity index (χ4n) is 4.34. The average molecular weight is 432 g/mol. The van der Waals surface area contributed by atoms with Gasteiger partial charge in [0.05, 0.1) is 17.1 Å². The molecule has 0 saturated carbocycles. The van der Waals surface area contributed by atoms with Gasteiger partial charge in [0, 0.05) is 5.39 Å². The molecule has 2 N–H and O–H groups in total. The third-order valence-corrected chi connectivity index (χ3v) is 5.78. The van der Waals surface area contributed by atoms with Gasteiger partial charge in [-0.3, -0.25) is 10.00 Å². The highest BCUT2D eigenvalue weighted by Gasteiger charge is 2.50. The number of nitrogens with zero attached hydrogens (tertiary/aromatic N) is 4. The molecule has 0 radical (unpaired) electrons. The van der Waals surface area contributed by atoms with Gasteiger partial charge in [-0.25, -0.2) is 14.8 Å². The predicted molar refractivity (Wildman–Crippen MR) is 105 cm³/mol. The summed E-state index contributed by atoms with van der Waals surface area (Å²) in [7, 11) is 0. The van der Waals surface area contributed by atoms with Gasteiger partial charge in [0.25, 0.3) is 0 Å². The van der Waals surface area contributed by atoms with Crippen LogP contribution in [-0.2, 0) is 4.74 Å². The molecular formula is C20H19F3N6O2. The summed E-state index contributed by atoms with van der Waals surface area (Å²) in [4.78, 5) is 19.7. The van der Waals surface area contributed by atoms with Crippen LogP contribution in [0.4, 0.5) is 23.8 Å². The van der Waals surface area contributed by atoms with Crippen molar-refractivity contribution in [1.29, 1.82) is 0 Å². The van der Waals surface area contributed by atoms with E-state index in [4.69, 9.17) is 5.10 Å². The van der Waals surface area contributed by atoms with Crippen molar-refractivity contribution >= 4 is 22.8 Å². The van der Waals surface area contributed by atoms with Crippen molar-refractivity contribution in [2.24, 2.45) is 5.92 Å². The number of rotatable bonds is 2. The van der Waals surface area contributed by atoms with Crippen LogP contribution in [0.3, 0.4) is 0 Å². The van der Waals surface area contributed by atoms with Gasteiger partial charge in [-0.2, -0.15) is 18.3 Å². The van der Waals surface area contributed by atoms with E-state index >= 15 is 0 Å². The number of halogens is 3. The van der Waals surface area contributed by atoms with Crippen LogP contribution in [0.2, 0.25) is 0 Å². The molecule has 5 rings (SSSR count). The van der Waals surface area contributed by atoms with Gasteiger partial charge in [0.2, 0.25) is 6.10 Å². The first-order chi connectivity index (χ1) is 14.8. The highest BCUT2D eigenvalue weighted by Crippen LogP contribution is 2.45. The molecule has 1 amide bonds. The van der Waals surface area contributed by atoms with Gasteiger partial charge in [0.1, 0.15) is 23.5 Å². The Morgan fingerprint density at radius 2 is 2.00 bits per heavy atom. The first-order valence-corrected chi connectivity index (χ1v) is 9.92. The number of para-hydroxylation sites is 1. The molecule has 0 bridgehead atoms. The Morgan fingerprint density at radius 1 is 1.19 bits per heavy atom. The second-order valence-electron chi connectivity index (χ2n) is 7.78. The fourth-order valence-corrected chi connectivity index (χ4v) is 4.34. The first-order valence-electron chi connectivity index (χ1n) is 9.92. The Bertz CT molecular complexity index is 1160. The van der Waals surface area contributed by atoms with Crippen molar-refractivity contribution in [3.63, 3.8) is 0 Å². The molecule has 0 unspecified atom stereocenters. The number of cyclic esters (lactones) is 1. The number of fused-ring (bicyclic) bond motifs is 2. The number of hydrogen-bond donors (Lipinski definition) is 2. The fraction of sp³-hybridized carbons (Fsp3) is 0.400. The molecule has 3 atom stereocenters. The minimum atomic E-state index is -4.83. The van der Waals surface area contributed by atoms with Crippen molar-refractivity contribution in [2.75, 3.05) is 18.4 Å². The molecule has 2 aliphatic rings. The highest BCUT2D eigenvalue weighted by molar-refractivity contribution is 5.95. The largest absolute Gasteiger partial charge is 0.431 e. The Hall–Kier alpha value is -3.21. The average Bonchev–Trinajstić information content (AvgIpc) is 3.11. The normalized spacial score (nSPS) is 23.9. The van der Waals surface area contributed by atoms with Crippen LogP contribution in [-0.4, -0.2) is 45.1 Å². The van der Waals surface area contributed by atoms with Gasteiger partial charge in [0.15, 0.2) is 0 Å². The van der Waals surface area contributed by atoms with Crippen molar-refractivity contribution in [3.05, 3.63) is 36.2 Å². The Labute approximate surface area is 174 Å². The summed E-state index contributed by atoms with van der Waals surface area (Å²) in [6, 6.07) is 7.46. The van der Waals surface area contributed by atoms with Crippen molar-refractivity contribution in [1.82, 2.24) is 25.1 Å². The molecule has 1 saturated heterocycles. The second-order valence-corrected chi connectivity index (χ2v) is 7.78. The Balaban J connectivity index is 1.73. The number of alkyl halides is 3. The number of hydrogen-bond acceptors (Lipinski definition) is 6. The van der Waals surface area contributed by atoms with Gasteiger partial charge in [-0.15, -0.1) is 0 Å². The van der Waals surface area contributed by atoms with Gasteiger partial charge >= 0.3 is 12.3 Å². The number of piperidine rings is 1. The molecule has 4 heterocycles. The Morgan fingerprint density at radius 3 is 2.77 bits per heavy atom. The predicted octanol–water partition coefficient (Wildman–Crippen LogP) is 3.83. The summed E-state index contributed by atoms with van der Waals surface area (Å²) in [6.07, 6.45) is -6.55. The number of ether oxygens (including phenoxy) is 1. The third-order valence-electron chi connectivity index (χ3n) is 5.78. The standard InChI is InChI=1S/C20H19F3N6O2/c1-10-8-24-7-6-12(10)29-13-5-3-2-4-11(13)15(28-29)16-14-17(20(21,22)23)31-19(30)27-18(14)26-9-25-16/h2-5,9-10,12,17,24H,6-8H2,1H3,(H,25,26,27,30)/t10-,12+,17-/m1/s1. The molecule has 2 aliphatic heterocycles. The summed E-state index contributed by atoms with van der Waals surface area (Å²) in [6.45, 7) is 3.77. The minimum Gasteiger partial charge on any atom is -0.431 e. The SMILES string of the molecule is C[C@@H]1CNCC[C@@H]1n1nc(-c2ncnc3c2[C@H](C(F)(F)F)OC(=O)N3)c2ccccc21. The molecule has 11 heteroatoms. The van der Waals surface area contributed by atoms with Crippen LogP contribution in [0.15, 0.2) is 30.6 Å². The van der Waals surface area contributed by atoms with E-state index in [2.05, 4.69) is 32.3 Å². The van der Waals surface area contributed by atoms with E-state index in [1.54, 1.807) is 12.1 Å². The minimum absolute atomic E-state index is 0.0103. The smallest absolute Gasteiger partial charge is 0.430 e. The number of carbonyl (C=O) groups is 1. The second kappa shape index (κ2) is 7.19. The van der Waals surface area contributed by atoms with Crippen LogP contribution in [0.25, 0.3) is 22.3 Å². The molecule has 1 fully saturated rings. The Kier molecular flexibility index (Phi) is 4.58. The summed E-state index contributed by atoms with van der Waals surface area (Å²) in [5.74, 6) is 0.0622. The first kappa shape index (κ1) is 19.7. The van der Waals surface area contributed by atoms with Gasteiger partial charge in [-0.1, -0.05) is 25.1 Å². The summed E-state index contributed by atoms with van der Waals surface area (Å²) in [5, 5.41) is 11.0. The summed E-state index contributed by atoms with van der Waals surface area (Å²) < 4.78 is 47.7. The maximum atomic E-state index is 13.8. The van der Waals surface area contributed by atoms with E-state index in [1.807, 2.05) is 16.8 Å². The number of aromatic nitrogens is 4. The van der Waals surface area contributed by atoms with E-state index in [1.165, 1.54) is 0 Å². The van der Waals surface area contributed by atoms with Crippen molar-refractivity contribution < 1.29 is 22.7 Å². The maximum absolute atomic E-state index is 13.8. The van der Waals surface area contributed by atoms with E-state index in [9.17, 15) is 18.0 Å². The molecular weight excluding hydrogens is 413 g/mol. The molecule has 0 aliphatic carbocycles. The van der Waals surface area contributed by atoms with E-state index < -0.39 is 18.4 Å². The lowest BCUT2D eigenvalue weighted by atomic mass is 9.95. The maximum Gasteiger partial charge on any atom is 0.430 e. The number of anilines is 1.